The van der Waals surface area contributed by atoms with Crippen molar-refractivity contribution in [3.8, 4) is 0 Å². The number of hydrogen-bond donors (Lipinski definition) is 1. The molecule has 0 bridgehead atoms. The van der Waals surface area contributed by atoms with Crippen LogP contribution in [0.3, 0.4) is 0 Å². The Balaban J connectivity index is 1.27. The Morgan fingerprint density at radius 3 is 2.62 bits per heavy atom. The summed E-state index contributed by atoms with van der Waals surface area (Å²) in [6, 6.07) is 14.6. The molecule has 1 aliphatic carbocycles. The average molecular weight is 541 g/mol. The van der Waals surface area contributed by atoms with Gasteiger partial charge in [-0.1, -0.05) is 47.9 Å². The summed E-state index contributed by atoms with van der Waals surface area (Å²) < 4.78 is 3.21. The van der Waals surface area contributed by atoms with Crippen molar-refractivity contribution >= 4 is 37.6 Å². The normalized spacial score (nSPS) is 17.9. The minimum atomic E-state index is -0.327. The number of rotatable bonds is 5. The van der Waals surface area contributed by atoms with E-state index in [-0.39, 0.29) is 17.6 Å². The fourth-order valence-corrected chi connectivity index (χ4v) is 7.38. The van der Waals surface area contributed by atoms with Crippen LogP contribution in [0.5, 0.6) is 0 Å². The molecule has 10 heteroatoms. The first-order valence-electron chi connectivity index (χ1n) is 13.8. The lowest BCUT2D eigenvalue weighted by Gasteiger charge is -2.38. The number of nitrogens with zero attached hydrogens (tertiary/aromatic N) is 7. The molecule has 1 N–H and O–H groups in total. The molecule has 1 aliphatic heterocycles. The zero-order valence-electron chi connectivity index (χ0n) is 22.3. The van der Waals surface area contributed by atoms with Crippen molar-refractivity contribution in [2.75, 3.05) is 31.1 Å². The van der Waals surface area contributed by atoms with Gasteiger partial charge in [-0.2, -0.15) is 0 Å². The quantitative estimate of drug-likeness (QED) is 0.343. The molecule has 1 saturated heterocycles. The van der Waals surface area contributed by atoms with Gasteiger partial charge in [-0.05, 0) is 72.3 Å². The molecular weight excluding hydrogens is 508 g/mol. The third-order valence-electron chi connectivity index (χ3n) is 8.28. The zero-order valence-corrected chi connectivity index (χ0v) is 23.1. The maximum Gasteiger partial charge on any atom is 0.253 e. The molecule has 4 heterocycles. The Hall–Kier alpha value is -3.63. The second-order valence-corrected chi connectivity index (χ2v) is 11.9. The molecule has 2 aromatic carbocycles. The molecule has 3 aromatic heterocycles. The van der Waals surface area contributed by atoms with E-state index in [4.69, 9.17) is 4.98 Å². The van der Waals surface area contributed by atoms with Gasteiger partial charge in [0, 0.05) is 31.7 Å². The fourth-order valence-electron chi connectivity index (χ4n) is 6.36. The molecule has 7 rings (SSSR count). The van der Waals surface area contributed by atoms with Crippen LogP contribution in [0.1, 0.15) is 60.3 Å². The Morgan fingerprint density at radius 2 is 1.82 bits per heavy atom. The number of pyridine rings is 1. The monoisotopic (exact) mass is 540 g/mol. The first-order chi connectivity index (χ1) is 19.0. The molecular formula is C29H32N8OS. The van der Waals surface area contributed by atoms with E-state index in [0.717, 1.165) is 72.0 Å². The Kier molecular flexibility index (Phi) is 6.16. The number of aromatic amines is 1. The highest BCUT2D eigenvalue weighted by Gasteiger charge is 2.35. The van der Waals surface area contributed by atoms with E-state index < -0.39 is 0 Å². The number of nitrogens with one attached hydrogen (secondary N) is 1. The Labute approximate surface area is 230 Å². The molecule has 9 nitrogen and oxygen atoms in total. The van der Waals surface area contributed by atoms with Gasteiger partial charge < -0.3 is 9.88 Å². The van der Waals surface area contributed by atoms with Crippen LogP contribution in [0.15, 0.2) is 47.3 Å². The van der Waals surface area contributed by atoms with Crippen LogP contribution >= 0.6 is 11.3 Å². The summed E-state index contributed by atoms with van der Waals surface area (Å²) in [5.41, 5.74) is 4.82. The first kappa shape index (κ1) is 24.4. The van der Waals surface area contributed by atoms with Crippen LogP contribution in [-0.2, 0) is 0 Å². The summed E-state index contributed by atoms with van der Waals surface area (Å²) in [4.78, 5) is 26.5. The van der Waals surface area contributed by atoms with E-state index in [2.05, 4.69) is 73.6 Å². The number of fused-ring (bicyclic) bond motifs is 2. The maximum atomic E-state index is 13.7. The van der Waals surface area contributed by atoms with E-state index in [1.54, 1.807) is 11.3 Å². The number of tetrazole rings is 1. The minimum Gasteiger partial charge on any atom is -0.345 e. The molecule has 1 saturated carbocycles. The SMILES string of the molecule is Cc1cc(C)c2[nH]c(=O)c([C@H](c3nnnn3C3CCCC3)N3CCN(c4nc5ccccc5s4)CC3)cc2c1. The highest BCUT2D eigenvalue weighted by molar-refractivity contribution is 7.22. The molecule has 2 aliphatic rings. The number of aromatic nitrogens is 6. The summed E-state index contributed by atoms with van der Waals surface area (Å²) >= 11 is 1.74. The molecule has 39 heavy (non-hydrogen) atoms. The van der Waals surface area contributed by atoms with E-state index in [1.807, 2.05) is 17.7 Å². The van der Waals surface area contributed by atoms with Gasteiger partial charge in [0.05, 0.1) is 21.8 Å². The summed E-state index contributed by atoms with van der Waals surface area (Å²) in [7, 11) is 0. The van der Waals surface area contributed by atoms with Crippen LogP contribution in [-0.4, -0.2) is 61.3 Å². The topological polar surface area (TPSA) is 95.8 Å². The van der Waals surface area contributed by atoms with Crippen molar-refractivity contribution in [3.63, 3.8) is 0 Å². The zero-order chi connectivity index (χ0) is 26.5. The number of para-hydroxylation sites is 1. The largest absolute Gasteiger partial charge is 0.345 e. The van der Waals surface area contributed by atoms with Crippen molar-refractivity contribution in [3.05, 3.63) is 75.3 Å². The van der Waals surface area contributed by atoms with Gasteiger partial charge >= 0.3 is 0 Å². The van der Waals surface area contributed by atoms with Gasteiger partial charge in [0.25, 0.3) is 5.56 Å². The Morgan fingerprint density at radius 1 is 1.03 bits per heavy atom. The molecule has 0 unspecified atom stereocenters. The smallest absolute Gasteiger partial charge is 0.253 e. The van der Waals surface area contributed by atoms with E-state index in [9.17, 15) is 4.79 Å². The summed E-state index contributed by atoms with van der Waals surface area (Å²) in [6.07, 6.45) is 4.51. The summed E-state index contributed by atoms with van der Waals surface area (Å²) in [6.45, 7) is 7.35. The van der Waals surface area contributed by atoms with Crippen LogP contribution in [0.2, 0.25) is 0 Å². The third-order valence-corrected chi connectivity index (χ3v) is 9.38. The summed E-state index contributed by atoms with van der Waals surface area (Å²) in [5, 5.41) is 15.2. The second kappa shape index (κ2) is 9.84. The highest BCUT2D eigenvalue weighted by atomic mass is 32.1. The molecule has 1 atom stereocenters. The minimum absolute atomic E-state index is 0.0750. The predicted molar refractivity (Wildman–Crippen MR) is 155 cm³/mol. The van der Waals surface area contributed by atoms with Gasteiger partial charge in [-0.15, -0.1) is 5.10 Å². The van der Waals surface area contributed by atoms with Gasteiger partial charge in [0.2, 0.25) is 0 Å². The predicted octanol–water partition coefficient (Wildman–Crippen LogP) is 4.77. The van der Waals surface area contributed by atoms with E-state index >= 15 is 0 Å². The number of hydrogen-bond acceptors (Lipinski definition) is 8. The van der Waals surface area contributed by atoms with E-state index in [1.165, 1.54) is 23.1 Å². The molecule has 0 spiro atoms. The number of H-pyrrole nitrogens is 1. The van der Waals surface area contributed by atoms with E-state index in [0.29, 0.717) is 5.56 Å². The number of thiazole rings is 1. The lowest BCUT2D eigenvalue weighted by Crippen LogP contribution is -2.49. The molecule has 0 amide bonds. The lowest BCUT2D eigenvalue weighted by molar-refractivity contribution is 0.197. The fraction of sp³-hybridized carbons (Fsp3) is 0.414. The number of anilines is 1. The van der Waals surface area contributed by atoms with Crippen LogP contribution in [0.25, 0.3) is 21.1 Å². The molecule has 200 valence electrons. The highest BCUT2D eigenvalue weighted by Crippen LogP contribution is 2.35. The summed E-state index contributed by atoms with van der Waals surface area (Å²) in [5.74, 6) is 0.768. The number of aryl methyl sites for hydroxylation is 2. The van der Waals surface area contributed by atoms with Gasteiger partial charge in [0.15, 0.2) is 11.0 Å². The Bertz CT molecular complexity index is 1670. The van der Waals surface area contributed by atoms with Crippen molar-refractivity contribution in [1.82, 2.24) is 35.1 Å². The maximum absolute atomic E-state index is 13.7. The molecule has 2 fully saturated rings. The van der Waals surface area contributed by atoms with Crippen LogP contribution in [0, 0.1) is 13.8 Å². The average Bonchev–Trinajstić information content (AvgIpc) is 3.71. The van der Waals surface area contributed by atoms with Crippen LogP contribution < -0.4 is 10.5 Å². The van der Waals surface area contributed by atoms with Crippen molar-refractivity contribution in [2.45, 2.75) is 51.6 Å². The van der Waals surface area contributed by atoms with Crippen molar-refractivity contribution in [1.29, 1.82) is 0 Å². The molecule has 5 aromatic rings. The number of benzene rings is 2. The number of piperazine rings is 1. The van der Waals surface area contributed by atoms with Gasteiger partial charge in [-0.3, -0.25) is 9.69 Å². The van der Waals surface area contributed by atoms with Gasteiger partial charge in [-0.25, -0.2) is 9.67 Å². The molecule has 0 radical (unpaired) electrons. The standard InChI is InChI=1S/C29H32N8OS/c1-18-15-19(2)25-20(16-18)17-22(28(38)31-25)26(27-32-33-34-37(27)21-7-3-4-8-21)35-11-13-36(14-12-35)29-30-23-9-5-6-10-24(23)39-29/h5-6,9-10,15-17,21,26H,3-4,7-8,11-14H2,1-2H3,(H,31,38)/t26-/m1/s1. The lowest BCUT2D eigenvalue weighted by atomic mass is 10.00. The van der Waals surface area contributed by atoms with Gasteiger partial charge in [0.1, 0.15) is 6.04 Å². The first-order valence-corrected chi connectivity index (χ1v) is 14.6. The second-order valence-electron chi connectivity index (χ2n) is 10.9. The van der Waals surface area contributed by atoms with Crippen LogP contribution in [0.4, 0.5) is 5.13 Å². The third kappa shape index (κ3) is 4.41. The van der Waals surface area contributed by atoms with Crippen molar-refractivity contribution < 1.29 is 0 Å². The van der Waals surface area contributed by atoms with Crippen molar-refractivity contribution in [2.24, 2.45) is 0 Å².